The molecule has 0 aliphatic carbocycles. The lowest BCUT2D eigenvalue weighted by molar-refractivity contribution is 0.0975. The summed E-state index contributed by atoms with van der Waals surface area (Å²) in [6.07, 6.45) is 4.27. The first kappa shape index (κ1) is 18.7. The number of hydrogen-bond acceptors (Lipinski definition) is 3. The molecule has 0 unspecified atom stereocenters. The predicted molar refractivity (Wildman–Crippen MR) is 113 cm³/mol. The summed E-state index contributed by atoms with van der Waals surface area (Å²) in [5.41, 5.74) is 3.44. The van der Waals surface area contributed by atoms with Gasteiger partial charge in [0.1, 0.15) is 0 Å². The van der Waals surface area contributed by atoms with Crippen LogP contribution in [0.3, 0.4) is 0 Å². The molecule has 1 aromatic heterocycles. The number of para-hydroxylation sites is 2. The highest BCUT2D eigenvalue weighted by Gasteiger charge is 2.17. The number of Topliss-reactive ketones (excluding diaryl/α,β-unsaturated/α-hetero) is 1. The second kappa shape index (κ2) is 8.17. The van der Waals surface area contributed by atoms with E-state index in [1.54, 1.807) is 28.8 Å². The van der Waals surface area contributed by atoms with Gasteiger partial charge in [-0.15, -0.1) is 0 Å². The number of halogens is 1. The van der Waals surface area contributed by atoms with E-state index in [0.29, 0.717) is 17.0 Å². The second-order valence-electron chi connectivity index (χ2n) is 7.06. The monoisotopic (exact) mass is 395 g/mol. The van der Waals surface area contributed by atoms with Gasteiger partial charge in [0, 0.05) is 42.2 Å². The zero-order chi connectivity index (χ0) is 19.5. The highest BCUT2D eigenvalue weighted by molar-refractivity contribution is 6.30. The predicted octanol–water partition coefficient (Wildman–Crippen LogP) is 4.19. The van der Waals surface area contributed by atoms with Crippen molar-refractivity contribution in [3.05, 3.63) is 75.7 Å². The Balaban J connectivity index is 1.34. The van der Waals surface area contributed by atoms with Gasteiger partial charge in [0.05, 0.1) is 11.0 Å². The third-order valence-corrected chi connectivity index (χ3v) is 5.44. The van der Waals surface area contributed by atoms with Crippen LogP contribution in [0.2, 0.25) is 5.02 Å². The van der Waals surface area contributed by atoms with Crippen molar-refractivity contribution in [1.82, 2.24) is 14.5 Å². The molecule has 0 bridgehead atoms. The number of ketones is 1. The van der Waals surface area contributed by atoms with Crippen LogP contribution >= 0.6 is 11.6 Å². The standard InChI is InChI=1S/C22H22ClN3O2/c23-17-9-7-16(8-10-17)21(27)6-3-13-25-14-11-18(12-15-25)26-20-5-2-1-4-19(20)24-22(26)28/h1-2,4-5,7-11H,3,6,12-15H2,(H,24,28). The maximum atomic E-state index is 12.3. The summed E-state index contributed by atoms with van der Waals surface area (Å²) >= 11 is 5.87. The Hall–Kier alpha value is -2.63. The molecule has 1 aliphatic rings. The topological polar surface area (TPSA) is 58.1 Å². The molecule has 0 atom stereocenters. The van der Waals surface area contributed by atoms with Crippen LogP contribution < -0.4 is 5.69 Å². The van der Waals surface area contributed by atoms with Gasteiger partial charge in [0.2, 0.25) is 0 Å². The van der Waals surface area contributed by atoms with Crippen LogP contribution in [-0.2, 0) is 0 Å². The summed E-state index contributed by atoms with van der Waals surface area (Å²) in [5.74, 6) is 0.148. The van der Waals surface area contributed by atoms with Gasteiger partial charge in [-0.05, 0) is 49.4 Å². The van der Waals surface area contributed by atoms with Gasteiger partial charge in [-0.2, -0.15) is 0 Å². The summed E-state index contributed by atoms with van der Waals surface area (Å²) in [6.45, 7) is 2.54. The second-order valence-corrected chi connectivity index (χ2v) is 7.50. The average Bonchev–Trinajstić information content (AvgIpc) is 3.05. The Morgan fingerprint density at radius 3 is 2.64 bits per heavy atom. The van der Waals surface area contributed by atoms with Gasteiger partial charge in [-0.3, -0.25) is 14.3 Å². The first-order valence-corrected chi connectivity index (χ1v) is 9.90. The van der Waals surface area contributed by atoms with E-state index in [1.807, 2.05) is 24.3 Å². The molecular weight excluding hydrogens is 374 g/mol. The van der Waals surface area contributed by atoms with E-state index in [0.717, 1.165) is 49.2 Å². The number of carbonyl (C=O) groups is 1. The van der Waals surface area contributed by atoms with E-state index in [9.17, 15) is 9.59 Å². The molecule has 3 aromatic rings. The summed E-state index contributed by atoms with van der Waals surface area (Å²) < 4.78 is 1.77. The van der Waals surface area contributed by atoms with Crippen molar-refractivity contribution >= 4 is 34.1 Å². The Labute approximate surface area is 168 Å². The molecule has 5 nitrogen and oxygen atoms in total. The highest BCUT2D eigenvalue weighted by atomic mass is 35.5. The zero-order valence-electron chi connectivity index (χ0n) is 15.5. The Morgan fingerprint density at radius 1 is 1.11 bits per heavy atom. The largest absolute Gasteiger partial charge is 0.330 e. The Kier molecular flexibility index (Phi) is 5.46. The smallest absolute Gasteiger partial charge is 0.305 e. The minimum absolute atomic E-state index is 0.0885. The SMILES string of the molecule is O=C(CCCN1CC=C(n2c(=O)[nH]c3ccccc32)CC1)c1ccc(Cl)cc1. The number of fused-ring (bicyclic) bond motifs is 1. The van der Waals surface area contributed by atoms with Crippen molar-refractivity contribution in [3.63, 3.8) is 0 Å². The number of imidazole rings is 1. The highest BCUT2D eigenvalue weighted by Crippen LogP contribution is 2.20. The molecule has 0 spiro atoms. The van der Waals surface area contributed by atoms with Crippen molar-refractivity contribution in [1.29, 1.82) is 0 Å². The van der Waals surface area contributed by atoms with Gasteiger partial charge < -0.3 is 4.98 Å². The van der Waals surface area contributed by atoms with E-state index >= 15 is 0 Å². The summed E-state index contributed by atoms with van der Waals surface area (Å²) in [6, 6.07) is 14.8. The number of nitrogens with zero attached hydrogens (tertiary/aromatic N) is 2. The summed E-state index contributed by atoms with van der Waals surface area (Å²) in [4.78, 5) is 29.8. The maximum Gasteiger partial charge on any atom is 0.330 e. The van der Waals surface area contributed by atoms with Crippen molar-refractivity contribution < 1.29 is 4.79 Å². The number of nitrogens with one attached hydrogen (secondary N) is 1. The van der Waals surface area contributed by atoms with Gasteiger partial charge in [0.25, 0.3) is 0 Å². The molecule has 0 saturated carbocycles. The molecule has 0 saturated heterocycles. The molecule has 6 heteroatoms. The van der Waals surface area contributed by atoms with E-state index < -0.39 is 0 Å². The molecule has 2 heterocycles. The molecule has 144 valence electrons. The van der Waals surface area contributed by atoms with Crippen LogP contribution in [0.4, 0.5) is 0 Å². The van der Waals surface area contributed by atoms with Gasteiger partial charge >= 0.3 is 5.69 Å². The van der Waals surface area contributed by atoms with Crippen LogP contribution in [-0.4, -0.2) is 39.9 Å². The summed E-state index contributed by atoms with van der Waals surface area (Å²) in [5, 5.41) is 0.641. The van der Waals surface area contributed by atoms with E-state index in [2.05, 4.69) is 16.0 Å². The molecule has 0 radical (unpaired) electrons. The van der Waals surface area contributed by atoms with E-state index in [4.69, 9.17) is 11.6 Å². The van der Waals surface area contributed by atoms with Crippen LogP contribution in [0, 0.1) is 0 Å². The molecular formula is C22H22ClN3O2. The lowest BCUT2D eigenvalue weighted by Gasteiger charge is -2.26. The van der Waals surface area contributed by atoms with Crippen molar-refractivity contribution in [3.8, 4) is 0 Å². The fourth-order valence-corrected chi connectivity index (χ4v) is 3.82. The molecule has 2 aromatic carbocycles. The number of carbonyl (C=O) groups excluding carboxylic acids is 1. The fourth-order valence-electron chi connectivity index (χ4n) is 3.69. The maximum absolute atomic E-state index is 12.3. The average molecular weight is 396 g/mol. The molecule has 0 amide bonds. The van der Waals surface area contributed by atoms with E-state index in [-0.39, 0.29) is 11.5 Å². The first-order valence-electron chi connectivity index (χ1n) is 9.52. The molecule has 1 aliphatic heterocycles. The van der Waals surface area contributed by atoms with Crippen LogP contribution in [0.5, 0.6) is 0 Å². The number of hydrogen-bond donors (Lipinski definition) is 1. The van der Waals surface area contributed by atoms with Crippen molar-refractivity contribution in [2.24, 2.45) is 0 Å². The quantitative estimate of drug-likeness (QED) is 0.636. The van der Waals surface area contributed by atoms with E-state index in [1.165, 1.54) is 0 Å². The molecule has 4 rings (SSSR count). The van der Waals surface area contributed by atoms with Crippen molar-refractivity contribution in [2.75, 3.05) is 19.6 Å². The number of benzene rings is 2. The number of rotatable bonds is 6. The van der Waals surface area contributed by atoms with Crippen LogP contribution in [0.25, 0.3) is 16.7 Å². The van der Waals surface area contributed by atoms with Crippen molar-refractivity contribution in [2.45, 2.75) is 19.3 Å². The molecule has 28 heavy (non-hydrogen) atoms. The Bertz CT molecular complexity index is 1080. The first-order chi connectivity index (χ1) is 13.6. The van der Waals surface area contributed by atoms with Gasteiger partial charge in [-0.25, -0.2) is 4.79 Å². The summed E-state index contributed by atoms with van der Waals surface area (Å²) in [7, 11) is 0. The normalized spacial score (nSPS) is 15.0. The lowest BCUT2D eigenvalue weighted by atomic mass is 10.1. The molecule has 1 N–H and O–H groups in total. The third-order valence-electron chi connectivity index (χ3n) is 5.19. The van der Waals surface area contributed by atoms with Crippen LogP contribution in [0.15, 0.2) is 59.4 Å². The number of aromatic nitrogens is 2. The lowest BCUT2D eigenvalue weighted by Crippen LogP contribution is -2.32. The minimum Gasteiger partial charge on any atom is -0.305 e. The number of aromatic amines is 1. The molecule has 0 fully saturated rings. The minimum atomic E-state index is -0.0885. The van der Waals surface area contributed by atoms with Gasteiger partial charge in [0.15, 0.2) is 5.78 Å². The fraction of sp³-hybridized carbons (Fsp3) is 0.273. The number of H-pyrrole nitrogens is 1. The van der Waals surface area contributed by atoms with Crippen LogP contribution in [0.1, 0.15) is 29.6 Å². The Morgan fingerprint density at radius 2 is 1.89 bits per heavy atom. The van der Waals surface area contributed by atoms with Gasteiger partial charge in [-0.1, -0.05) is 29.8 Å². The third kappa shape index (κ3) is 3.96. The zero-order valence-corrected chi connectivity index (χ0v) is 16.3.